The lowest BCUT2D eigenvalue weighted by atomic mass is 10.0. The highest BCUT2D eigenvalue weighted by molar-refractivity contribution is 5.91. The number of amides is 1. The molecule has 3 aromatic rings. The fourth-order valence-corrected chi connectivity index (χ4v) is 4.01. The van der Waals surface area contributed by atoms with E-state index in [0.717, 1.165) is 11.6 Å². The number of aromatic nitrogens is 4. The summed E-state index contributed by atoms with van der Waals surface area (Å²) in [6.07, 6.45) is -3.74. The Bertz CT molecular complexity index is 1160. The van der Waals surface area contributed by atoms with E-state index >= 15 is 0 Å². The molecule has 2 saturated heterocycles. The third-order valence-corrected chi connectivity index (χ3v) is 5.77. The van der Waals surface area contributed by atoms with Crippen LogP contribution >= 0.6 is 0 Å². The molecule has 32 heavy (non-hydrogen) atoms. The lowest BCUT2D eigenvalue weighted by molar-refractivity contribution is -0.181. The number of hydrogen-bond donors (Lipinski definition) is 0. The minimum absolute atomic E-state index is 0.103. The Morgan fingerprint density at radius 3 is 2.34 bits per heavy atom. The maximum absolute atomic E-state index is 13.8. The number of likely N-dealkylation sites (tertiary alicyclic amines) is 1. The van der Waals surface area contributed by atoms with Crippen LogP contribution in [0.3, 0.4) is 0 Å². The van der Waals surface area contributed by atoms with E-state index < -0.39 is 23.6 Å². The number of piperidine rings is 1. The molecular formula is C21H20F3N5O3. The highest BCUT2D eigenvalue weighted by Crippen LogP contribution is 2.33. The van der Waals surface area contributed by atoms with Crippen molar-refractivity contribution < 1.29 is 27.4 Å². The summed E-state index contributed by atoms with van der Waals surface area (Å²) in [7, 11) is 0. The topological polar surface area (TPSA) is 81.9 Å². The van der Waals surface area contributed by atoms with Gasteiger partial charge in [-0.1, -0.05) is 29.8 Å². The van der Waals surface area contributed by atoms with Crippen LogP contribution in [0.15, 0.2) is 30.3 Å². The summed E-state index contributed by atoms with van der Waals surface area (Å²) < 4.78 is 53.2. The molecule has 0 bridgehead atoms. The van der Waals surface area contributed by atoms with E-state index in [4.69, 9.17) is 9.47 Å². The second kappa shape index (κ2) is 7.52. The lowest BCUT2D eigenvalue weighted by Crippen LogP contribution is -2.47. The van der Waals surface area contributed by atoms with Gasteiger partial charge in [-0.25, -0.2) is 4.98 Å². The van der Waals surface area contributed by atoms with Crippen LogP contribution in [-0.2, 0) is 15.7 Å². The second-order valence-corrected chi connectivity index (χ2v) is 7.94. The van der Waals surface area contributed by atoms with Gasteiger partial charge in [0.25, 0.3) is 11.7 Å². The molecule has 1 spiro atoms. The van der Waals surface area contributed by atoms with Crippen LogP contribution in [0.2, 0.25) is 0 Å². The van der Waals surface area contributed by atoms with Gasteiger partial charge < -0.3 is 14.4 Å². The van der Waals surface area contributed by atoms with Gasteiger partial charge in [-0.15, -0.1) is 5.10 Å². The molecule has 2 aromatic heterocycles. The highest BCUT2D eigenvalue weighted by Gasteiger charge is 2.42. The first-order chi connectivity index (χ1) is 15.2. The Kier molecular flexibility index (Phi) is 4.90. The van der Waals surface area contributed by atoms with Gasteiger partial charge in [0.2, 0.25) is 5.82 Å². The van der Waals surface area contributed by atoms with Crippen molar-refractivity contribution in [1.82, 2.24) is 24.5 Å². The van der Waals surface area contributed by atoms with Gasteiger partial charge in [0.15, 0.2) is 11.5 Å². The van der Waals surface area contributed by atoms with Crippen LogP contribution in [0.25, 0.3) is 17.0 Å². The van der Waals surface area contributed by atoms with Gasteiger partial charge >= 0.3 is 6.18 Å². The lowest BCUT2D eigenvalue weighted by Gasteiger charge is -2.37. The Balaban J connectivity index is 1.48. The fraction of sp³-hybridized carbons (Fsp3) is 0.429. The average Bonchev–Trinajstić information content (AvgIpc) is 3.40. The fourth-order valence-electron chi connectivity index (χ4n) is 4.01. The number of carbonyl (C=O) groups is 1. The molecule has 8 nitrogen and oxygen atoms in total. The summed E-state index contributed by atoms with van der Waals surface area (Å²) in [5.74, 6) is -1.83. The zero-order chi connectivity index (χ0) is 22.5. The van der Waals surface area contributed by atoms with Crippen LogP contribution in [0.5, 0.6) is 0 Å². The van der Waals surface area contributed by atoms with Crippen molar-refractivity contribution in [3.8, 4) is 11.3 Å². The standard InChI is InChI=1S/C21H20F3N5O3/c1-13-2-4-14(5-3-13)15-12-16(21(22,23)24)29-19(25-15)26-17(27-29)18(30)28-8-6-20(7-9-28)31-10-11-32-20/h2-5,12H,6-11H2,1H3. The zero-order valence-corrected chi connectivity index (χ0v) is 17.2. The molecular weight excluding hydrogens is 427 g/mol. The van der Waals surface area contributed by atoms with Gasteiger partial charge in [-0.3, -0.25) is 4.79 Å². The molecule has 1 amide bonds. The number of halogens is 3. The van der Waals surface area contributed by atoms with E-state index in [1.165, 1.54) is 4.90 Å². The molecule has 5 rings (SSSR count). The summed E-state index contributed by atoms with van der Waals surface area (Å²) >= 11 is 0. The summed E-state index contributed by atoms with van der Waals surface area (Å²) in [5.41, 5.74) is 0.539. The largest absolute Gasteiger partial charge is 0.433 e. The van der Waals surface area contributed by atoms with E-state index in [2.05, 4.69) is 15.1 Å². The van der Waals surface area contributed by atoms with Gasteiger partial charge in [-0.05, 0) is 13.0 Å². The molecule has 2 aliphatic rings. The van der Waals surface area contributed by atoms with Crippen molar-refractivity contribution in [1.29, 1.82) is 0 Å². The van der Waals surface area contributed by atoms with Crippen molar-refractivity contribution in [2.75, 3.05) is 26.3 Å². The molecule has 0 N–H and O–H groups in total. The predicted molar refractivity (Wildman–Crippen MR) is 106 cm³/mol. The zero-order valence-electron chi connectivity index (χ0n) is 17.2. The van der Waals surface area contributed by atoms with Crippen LogP contribution in [0.4, 0.5) is 13.2 Å². The molecule has 0 atom stereocenters. The van der Waals surface area contributed by atoms with Crippen molar-refractivity contribution in [3.05, 3.63) is 47.4 Å². The van der Waals surface area contributed by atoms with Gasteiger partial charge in [-0.2, -0.15) is 22.7 Å². The third kappa shape index (κ3) is 3.71. The number of carbonyl (C=O) groups excluding carboxylic acids is 1. The second-order valence-electron chi connectivity index (χ2n) is 7.94. The Labute approximate surface area is 181 Å². The van der Waals surface area contributed by atoms with Crippen LogP contribution < -0.4 is 0 Å². The number of ether oxygens (including phenoxy) is 2. The number of fused-ring (bicyclic) bond motifs is 1. The number of hydrogen-bond acceptors (Lipinski definition) is 6. The van der Waals surface area contributed by atoms with E-state index in [1.807, 2.05) is 6.92 Å². The van der Waals surface area contributed by atoms with Crippen LogP contribution in [0.1, 0.15) is 34.7 Å². The van der Waals surface area contributed by atoms with Gasteiger partial charge in [0.1, 0.15) is 0 Å². The summed E-state index contributed by atoms with van der Waals surface area (Å²) in [5, 5.41) is 3.86. The number of alkyl halides is 3. The average molecular weight is 447 g/mol. The number of aryl methyl sites for hydroxylation is 1. The van der Waals surface area contributed by atoms with Crippen LogP contribution in [-0.4, -0.2) is 62.5 Å². The maximum Gasteiger partial charge on any atom is 0.433 e. The molecule has 168 valence electrons. The van der Waals surface area contributed by atoms with Gasteiger partial charge in [0.05, 0.1) is 18.9 Å². The van der Waals surface area contributed by atoms with E-state index in [-0.39, 0.29) is 17.3 Å². The quantitative estimate of drug-likeness (QED) is 0.601. The van der Waals surface area contributed by atoms with Crippen molar-refractivity contribution in [2.45, 2.75) is 31.7 Å². The first-order valence-electron chi connectivity index (χ1n) is 10.2. The van der Waals surface area contributed by atoms with Crippen molar-refractivity contribution in [3.63, 3.8) is 0 Å². The molecule has 0 radical (unpaired) electrons. The van der Waals surface area contributed by atoms with E-state index in [1.54, 1.807) is 24.3 Å². The maximum atomic E-state index is 13.8. The number of nitrogens with zero attached hydrogens (tertiary/aromatic N) is 5. The minimum atomic E-state index is -4.71. The smallest absolute Gasteiger partial charge is 0.347 e. The molecule has 2 aliphatic heterocycles. The normalized spacial score (nSPS) is 18.6. The molecule has 1 aromatic carbocycles. The molecule has 0 saturated carbocycles. The number of benzene rings is 1. The van der Waals surface area contributed by atoms with Crippen LogP contribution in [0, 0.1) is 6.92 Å². The molecule has 4 heterocycles. The summed E-state index contributed by atoms with van der Waals surface area (Å²) in [6.45, 7) is 3.57. The third-order valence-electron chi connectivity index (χ3n) is 5.77. The SMILES string of the molecule is Cc1ccc(-c2cc(C(F)(F)F)n3nc(C(=O)N4CCC5(CC4)OCCO5)nc3n2)cc1. The predicted octanol–water partition coefficient (Wildman–Crippen LogP) is 3.10. The Hall–Kier alpha value is -3.05. The summed E-state index contributed by atoms with van der Waals surface area (Å²) in [4.78, 5) is 22.7. The molecule has 0 aliphatic carbocycles. The van der Waals surface area contributed by atoms with E-state index in [0.29, 0.717) is 49.2 Å². The first kappa shape index (κ1) is 20.8. The summed E-state index contributed by atoms with van der Waals surface area (Å²) in [6, 6.07) is 7.86. The molecule has 0 unspecified atom stereocenters. The molecule has 11 heteroatoms. The Morgan fingerprint density at radius 2 is 1.72 bits per heavy atom. The Morgan fingerprint density at radius 1 is 1.06 bits per heavy atom. The highest BCUT2D eigenvalue weighted by atomic mass is 19.4. The van der Waals surface area contributed by atoms with E-state index in [9.17, 15) is 18.0 Å². The number of rotatable bonds is 2. The first-order valence-corrected chi connectivity index (χ1v) is 10.2. The minimum Gasteiger partial charge on any atom is -0.347 e. The molecule has 2 fully saturated rings. The monoisotopic (exact) mass is 447 g/mol. The van der Waals surface area contributed by atoms with Crippen molar-refractivity contribution in [2.24, 2.45) is 0 Å². The van der Waals surface area contributed by atoms with Gasteiger partial charge in [0, 0.05) is 31.5 Å². The van der Waals surface area contributed by atoms with Crippen molar-refractivity contribution >= 4 is 11.7 Å².